The van der Waals surface area contributed by atoms with Crippen molar-refractivity contribution in [3.8, 4) is 0 Å². The smallest absolute Gasteiger partial charge is 0.354 e. The summed E-state index contributed by atoms with van der Waals surface area (Å²) in [5, 5.41) is 18.9. The summed E-state index contributed by atoms with van der Waals surface area (Å²) < 4.78 is 0. The predicted octanol–water partition coefficient (Wildman–Crippen LogP) is 0.690. The summed E-state index contributed by atoms with van der Waals surface area (Å²) in [5.41, 5.74) is 0.681. The minimum Gasteiger partial charge on any atom is -0.477 e. The monoisotopic (exact) mass is 263 g/mol. The standard InChI is InChI=1S/C13H17N3O3/c1-7-4-10(12(18)19)15-13(14-7)16-5-8-2-3-11(17)9(8)6-16/h4,8-9,11,17H,2-3,5-6H2,1H3,(H,18,19). The lowest BCUT2D eigenvalue weighted by molar-refractivity contribution is 0.0690. The molecule has 3 rings (SSSR count). The maximum atomic E-state index is 11.0. The van der Waals surface area contributed by atoms with Crippen LogP contribution in [0.3, 0.4) is 0 Å². The molecule has 6 heteroatoms. The van der Waals surface area contributed by atoms with E-state index in [0.29, 0.717) is 24.1 Å². The molecule has 1 saturated heterocycles. The van der Waals surface area contributed by atoms with Crippen LogP contribution in [0.15, 0.2) is 6.07 Å². The van der Waals surface area contributed by atoms with Gasteiger partial charge < -0.3 is 15.1 Å². The maximum Gasteiger partial charge on any atom is 0.354 e. The summed E-state index contributed by atoms with van der Waals surface area (Å²) in [6.07, 6.45) is 1.66. The zero-order valence-corrected chi connectivity index (χ0v) is 10.8. The van der Waals surface area contributed by atoms with Gasteiger partial charge in [-0.2, -0.15) is 0 Å². The number of aliphatic hydroxyl groups is 1. The molecule has 2 N–H and O–H groups in total. The number of hydrogen-bond acceptors (Lipinski definition) is 5. The van der Waals surface area contributed by atoms with Crippen LogP contribution >= 0.6 is 0 Å². The van der Waals surface area contributed by atoms with Crippen LogP contribution in [-0.4, -0.2) is 45.3 Å². The van der Waals surface area contributed by atoms with E-state index in [1.807, 2.05) is 4.90 Å². The molecule has 102 valence electrons. The van der Waals surface area contributed by atoms with Crippen molar-refractivity contribution in [3.05, 3.63) is 17.5 Å². The van der Waals surface area contributed by atoms with Crippen LogP contribution < -0.4 is 4.90 Å². The number of aromatic carboxylic acids is 1. The van der Waals surface area contributed by atoms with Crippen LogP contribution in [0.5, 0.6) is 0 Å². The minimum atomic E-state index is -1.04. The zero-order valence-electron chi connectivity index (χ0n) is 10.8. The number of carbonyl (C=O) groups is 1. The Morgan fingerprint density at radius 1 is 1.37 bits per heavy atom. The molecular formula is C13H17N3O3. The normalized spacial score (nSPS) is 29.6. The Morgan fingerprint density at radius 2 is 2.16 bits per heavy atom. The average Bonchev–Trinajstić information content (AvgIpc) is 2.91. The van der Waals surface area contributed by atoms with Crippen LogP contribution in [0.4, 0.5) is 5.95 Å². The number of carboxylic acid groups (broad SMARTS) is 1. The first-order valence-electron chi connectivity index (χ1n) is 6.56. The van der Waals surface area contributed by atoms with Crippen molar-refractivity contribution in [1.29, 1.82) is 0 Å². The Labute approximate surface area is 111 Å². The van der Waals surface area contributed by atoms with E-state index in [4.69, 9.17) is 5.11 Å². The first-order chi connectivity index (χ1) is 9.04. The Balaban J connectivity index is 1.86. The molecule has 2 heterocycles. The molecule has 1 saturated carbocycles. The quantitative estimate of drug-likeness (QED) is 0.816. The van der Waals surface area contributed by atoms with Crippen LogP contribution in [0.25, 0.3) is 0 Å². The zero-order chi connectivity index (χ0) is 13.6. The topological polar surface area (TPSA) is 86.5 Å². The molecular weight excluding hydrogens is 246 g/mol. The van der Waals surface area contributed by atoms with E-state index in [2.05, 4.69) is 9.97 Å². The van der Waals surface area contributed by atoms with E-state index in [0.717, 1.165) is 19.4 Å². The van der Waals surface area contributed by atoms with Gasteiger partial charge in [-0.05, 0) is 31.7 Å². The van der Waals surface area contributed by atoms with E-state index < -0.39 is 5.97 Å². The highest BCUT2D eigenvalue weighted by Gasteiger charge is 2.42. The summed E-state index contributed by atoms with van der Waals surface area (Å²) in [4.78, 5) is 21.4. The van der Waals surface area contributed by atoms with E-state index in [1.165, 1.54) is 6.07 Å². The van der Waals surface area contributed by atoms with Crippen molar-refractivity contribution in [2.75, 3.05) is 18.0 Å². The van der Waals surface area contributed by atoms with Crippen molar-refractivity contribution in [2.45, 2.75) is 25.9 Å². The van der Waals surface area contributed by atoms with Gasteiger partial charge in [0.15, 0.2) is 5.69 Å². The van der Waals surface area contributed by atoms with Gasteiger partial charge in [0.25, 0.3) is 0 Å². The molecule has 1 aromatic heterocycles. The third kappa shape index (κ3) is 2.16. The average molecular weight is 263 g/mol. The molecule has 0 amide bonds. The number of anilines is 1. The molecule has 0 spiro atoms. The lowest BCUT2D eigenvalue weighted by Gasteiger charge is -2.18. The molecule has 1 aromatic rings. The van der Waals surface area contributed by atoms with Crippen molar-refractivity contribution in [1.82, 2.24) is 9.97 Å². The fourth-order valence-corrected chi connectivity index (χ4v) is 3.20. The van der Waals surface area contributed by atoms with E-state index >= 15 is 0 Å². The molecule has 0 radical (unpaired) electrons. The summed E-state index contributed by atoms with van der Waals surface area (Å²) in [5.74, 6) is 0.190. The van der Waals surface area contributed by atoms with Gasteiger partial charge in [-0.3, -0.25) is 0 Å². The van der Waals surface area contributed by atoms with Crippen molar-refractivity contribution in [3.63, 3.8) is 0 Å². The second-order valence-corrected chi connectivity index (χ2v) is 5.47. The number of aromatic nitrogens is 2. The first kappa shape index (κ1) is 12.3. The lowest BCUT2D eigenvalue weighted by Crippen LogP contribution is -2.26. The number of nitrogens with zero attached hydrogens (tertiary/aromatic N) is 3. The summed E-state index contributed by atoms with van der Waals surface area (Å²) in [6.45, 7) is 3.29. The first-order valence-corrected chi connectivity index (χ1v) is 6.56. The largest absolute Gasteiger partial charge is 0.477 e. The van der Waals surface area contributed by atoms with E-state index in [1.54, 1.807) is 6.92 Å². The molecule has 19 heavy (non-hydrogen) atoms. The van der Waals surface area contributed by atoms with Gasteiger partial charge in [0.2, 0.25) is 5.95 Å². The van der Waals surface area contributed by atoms with Crippen LogP contribution in [0.1, 0.15) is 29.0 Å². The fraction of sp³-hybridized carbons (Fsp3) is 0.615. The van der Waals surface area contributed by atoms with Gasteiger partial charge in [0, 0.05) is 24.7 Å². The number of fused-ring (bicyclic) bond motifs is 1. The molecule has 2 aliphatic rings. The molecule has 1 aliphatic carbocycles. The van der Waals surface area contributed by atoms with Gasteiger partial charge >= 0.3 is 5.97 Å². The van der Waals surface area contributed by atoms with Gasteiger partial charge in [-0.15, -0.1) is 0 Å². The Kier molecular flexibility index (Phi) is 2.89. The van der Waals surface area contributed by atoms with Crippen LogP contribution in [0.2, 0.25) is 0 Å². The molecule has 0 bridgehead atoms. The molecule has 3 unspecified atom stereocenters. The number of hydrogen-bond donors (Lipinski definition) is 2. The van der Waals surface area contributed by atoms with Gasteiger partial charge in [-0.1, -0.05) is 0 Å². The van der Waals surface area contributed by atoms with E-state index in [9.17, 15) is 9.90 Å². The van der Waals surface area contributed by atoms with E-state index in [-0.39, 0.29) is 17.7 Å². The SMILES string of the molecule is Cc1cc(C(=O)O)nc(N2CC3CCC(O)C3C2)n1. The molecule has 2 fully saturated rings. The second-order valence-electron chi connectivity index (χ2n) is 5.47. The number of aliphatic hydroxyl groups excluding tert-OH is 1. The third-order valence-corrected chi connectivity index (χ3v) is 4.16. The number of rotatable bonds is 2. The number of aryl methyl sites for hydroxylation is 1. The Morgan fingerprint density at radius 3 is 2.84 bits per heavy atom. The summed E-state index contributed by atoms with van der Waals surface area (Å²) >= 11 is 0. The second kappa shape index (κ2) is 4.45. The highest BCUT2D eigenvalue weighted by Crippen LogP contribution is 2.39. The molecule has 6 nitrogen and oxygen atoms in total. The van der Waals surface area contributed by atoms with Crippen molar-refractivity contribution < 1.29 is 15.0 Å². The highest BCUT2D eigenvalue weighted by atomic mass is 16.4. The van der Waals surface area contributed by atoms with Crippen molar-refractivity contribution >= 4 is 11.9 Å². The lowest BCUT2D eigenvalue weighted by atomic mass is 10.00. The Hall–Kier alpha value is -1.69. The van der Waals surface area contributed by atoms with Crippen LogP contribution in [-0.2, 0) is 0 Å². The molecule has 1 aliphatic heterocycles. The Bertz CT molecular complexity index is 520. The third-order valence-electron chi connectivity index (χ3n) is 4.16. The van der Waals surface area contributed by atoms with Gasteiger partial charge in [-0.25, -0.2) is 14.8 Å². The molecule has 0 aromatic carbocycles. The summed E-state index contributed by atoms with van der Waals surface area (Å²) in [6, 6.07) is 1.47. The summed E-state index contributed by atoms with van der Waals surface area (Å²) in [7, 11) is 0. The number of carboxylic acids is 1. The van der Waals surface area contributed by atoms with Gasteiger partial charge in [0.05, 0.1) is 6.10 Å². The minimum absolute atomic E-state index is 0.0279. The fourth-order valence-electron chi connectivity index (χ4n) is 3.20. The maximum absolute atomic E-state index is 11.0. The predicted molar refractivity (Wildman–Crippen MR) is 68.2 cm³/mol. The molecule has 3 atom stereocenters. The van der Waals surface area contributed by atoms with Crippen LogP contribution in [0, 0.1) is 18.8 Å². The van der Waals surface area contributed by atoms with Crippen molar-refractivity contribution in [2.24, 2.45) is 11.8 Å². The van der Waals surface area contributed by atoms with Gasteiger partial charge in [0.1, 0.15) is 0 Å². The highest BCUT2D eigenvalue weighted by molar-refractivity contribution is 5.85.